The molecule has 0 aliphatic rings. The van der Waals surface area contributed by atoms with Gasteiger partial charge in [-0.2, -0.15) is 0 Å². The number of nitrogens with zero attached hydrogens (tertiary/aromatic N) is 1. The second-order valence-corrected chi connectivity index (χ2v) is 4.88. The van der Waals surface area contributed by atoms with Crippen LogP contribution in [0.25, 0.3) is 0 Å². The summed E-state index contributed by atoms with van der Waals surface area (Å²) in [5.41, 5.74) is 3.34. The van der Waals surface area contributed by atoms with Crippen molar-refractivity contribution in [1.82, 2.24) is 5.32 Å². The maximum absolute atomic E-state index is 12.9. The average molecular weight is 272 g/mol. The van der Waals surface area contributed by atoms with Crippen molar-refractivity contribution in [3.8, 4) is 0 Å². The zero-order chi connectivity index (χ0) is 14.4. The lowest BCUT2D eigenvalue weighted by Crippen LogP contribution is -2.14. The molecule has 20 heavy (non-hydrogen) atoms. The lowest BCUT2D eigenvalue weighted by Gasteiger charge is -2.19. The van der Waals surface area contributed by atoms with Crippen LogP contribution in [-0.4, -0.2) is 13.6 Å². The Morgan fingerprint density at radius 1 is 0.950 bits per heavy atom. The lowest BCUT2D eigenvalue weighted by atomic mass is 10.2. The van der Waals surface area contributed by atoms with Crippen LogP contribution in [0.5, 0.6) is 0 Å². The van der Waals surface area contributed by atoms with Crippen LogP contribution in [0.4, 0.5) is 15.8 Å². The van der Waals surface area contributed by atoms with Gasteiger partial charge >= 0.3 is 0 Å². The van der Waals surface area contributed by atoms with Crippen LogP contribution in [0, 0.1) is 5.82 Å². The predicted octanol–water partition coefficient (Wildman–Crippen LogP) is 4.09. The molecule has 1 N–H and O–H groups in total. The minimum atomic E-state index is -0.209. The number of hydrogen-bond acceptors (Lipinski definition) is 2. The summed E-state index contributed by atoms with van der Waals surface area (Å²) in [7, 11) is 1.98. The summed E-state index contributed by atoms with van der Waals surface area (Å²) in [6.45, 7) is 4.10. The smallest absolute Gasteiger partial charge is 0.123 e. The Kier molecular flexibility index (Phi) is 5.13. The van der Waals surface area contributed by atoms with Gasteiger partial charge in [-0.05, 0) is 54.9 Å². The van der Waals surface area contributed by atoms with Gasteiger partial charge in [0.2, 0.25) is 0 Å². The normalized spacial score (nSPS) is 10.6. The lowest BCUT2D eigenvalue weighted by molar-refractivity contribution is 0.628. The molecule has 0 atom stereocenters. The molecule has 106 valence electrons. The van der Waals surface area contributed by atoms with E-state index < -0.39 is 0 Å². The molecule has 0 aliphatic carbocycles. The maximum Gasteiger partial charge on any atom is 0.123 e. The van der Waals surface area contributed by atoms with Crippen molar-refractivity contribution in [2.75, 3.05) is 18.5 Å². The largest absolute Gasteiger partial charge is 0.345 e. The fourth-order valence-electron chi connectivity index (χ4n) is 2.06. The molecule has 2 aromatic rings. The highest BCUT2D eigenvalue weighted by molar-refractivity contribution is 5.62. The molecule has 0 spiro atoms. The summed E-state index contributed by atoms with van der Waals surface area (Å²) in [5.74, 6) is -0.209. The zero-order valence-corrected chi connectivity index (χ0v) is 12.1. The van der Waals surface area contributed by atoms with E-state index in [2.05, 4.69) is 36.5 Å². The highest BCUT2D eigenvalue weighted by Gasteiger charge is 2.04. The van der Waals surface area contributed by atoms with E-state index in [9.17, 15) is 4.39 Å². The number of benzene rings is 2. The van der Waals surface area contributed by atoms with Gasteiger partial charge in [-0.15, -0.1) is 0 Å². The first kappa shape index (κ1) is 14.5. The second-order valence-electron chi connectivity index (χ2n) is 4.88. The van der Waals surface area contributed by atoms with E-state index in [0.717, 1.165) is 30.9 Å². The van der Waals surface area contributed by atoms with E-state index in [1.165, 1.54) is 17.7 Å². The van der Waals surface area contributed by atoms with E-state index in [1.54, 1.807) is 12.1 Å². The Balaban J connectivity index is 2.03. The molecule has 0 aliphatic heterocycles. The Hall–Kier alpha value is -1.87. The number of hydrogen-bond donors (Lipinski definition) is 1. The van der Waals surface area contributed by atoms with Crippen molar-refractivity contribution in [3.05, 3.63) is 59.9 Å². The Morgan fingerprint density at radius 2 is 1.50 bits per heavy atom. The van der Waals surface area contributed by atoms with Gasteiger partial charge in [-0.1, -0.05) is 19.1 Å². The third kappa shape index (κ3) is 3.81. The highest BCUT2D eigenvalue weighted by Crippen LogP contribution is 2.23. The molecule has 0 fully saturated rings. The van der Waals surface area contributed by atoms with Crippen molar-refractivity contribution in [3.63, 3.8) is 0 Å². The van der Waals surface area contributed by atoms with Gasteiger partial charge in [0.25, 0.3) is 0 Å². The molecular weight excluding hydrogens is 251 g/mol. The standard InChI is InChI=1S/C17H21FN2/c1-3-12-19-13-14-4-8-16(9-5-14)20(2)17-10-6-15(18)7-11-17/h4-11,19H,3,12-13H2,1-2H3. The number of nitrogens with one attached hydrogen (secondary N) is 1. The van der Waals surface area contributed by atoms with E-state index in [1.807, 2.05) is 11.9 Å². The van der Waals surface area contributed by atoms with Crippen LogP contribution in [0.15, 0.2) is 48.5 Å². The minimum Gasteiger partial charge on any atom is -0.345 e. The zero-order valence-electron chi connectivity index (χ0n) is 12.1. The summed E-state index contributed by atoms with van der Waals surface area (Å²) < 4.78 is 12.9. The van der Waals surface area contributed by atoms with Gasteiger partial charge in [0.1, 0.15) is 5.82 Å². The van der Waals surface area contributed by atoms with Gasteiger partial charge in [0.05, 0.1) is 0 Å². The van der Waals surface area contributed by atoms with Gasteiger partial charge in [-0.25, -0.2) is 4.39 Å². The summed E-state index contributed by atoms with van der Waals surface area (Å²) in [4.78, 5) is 2.04. The van der Waals surface area contributed by atoms with Gasteiger partial charge in [-0.3, -0.25) is 0 Å². The SMILES string of the molecule is CCCNCc1ccc(N(C)c2ccc(F)cc2)cc1. The second kappa shape index (κ2) is 7.06. The van der Waals surface area contributed by atoms with Crippen molar-refractivity contribution in [2.24, 2.45) is 0 Å². The molecule has 0 aromatic heterocycles. The van der Waals surface area contributed by atoms with Crippen LogP contribution in [0.1, 0.15) is 18.9 Å². The Morgan fingerprint density at radius 3 is 2.05 bits per heavy atom. The van der Waals surface area contributed by atoms with Gasteiger partial charge in [0.15, 0.2) is 0 Å². The molecule has 0 heterocycles. The van der Waals surface area contributed by atoms with Crippen LogP contribution in [0.3, 0.4) is 0 Å². The van der Waals surface area contributed by atoms with E-state index in [-0.39, 0.29) is 5.82 Å². The average Bonchev–Trinajstić information content (AvgIpc) is 2.48. The van der Waals surface area contributed by atoms with Gasteiger partial charge < -0.3 is 10.2 Å². The third-order valence-electron chi connectivity index (χ3n) is 3.29. The molecule has 2 rings (SSSR count). The molecule has 2 aromatic carbocycles. The monoisotopic (exact) mass is 272 g/mol. The molecule has 0 unspecified atom stereocenters. The van der Waals surface area contributed by atoms with Crippen LogP contribution < -0.4 is 10.2 Å². The molecule has 0 saturated carbocycles. The first-order chi connectivity index (χ1) is 9.70. The Labute approximate surface area is 120 Å². The van der Waals surface area contributed by atoms with Crippen molar-refractivity contribution in [2.45, 2.75) is 19.9 Å². The molecular formula is C17H21FN2. The van der Waals surface area contributed by atoms with E-state index in [4.69, 9.17) is 0 Å². The van der Waals surface area contributed by atoms with Crippen molar-refractivity contribution < 1.29 is 4.39 Å². The first-order valence-electron chi connectivity index (χ1n) is 6.99. The fraction of sp³-hybridized carbons (Fsp3) is 0.294. The molecule has 0 bridgehead atoms. The summed E-state index contributed by atoms with van der Waals surface area (Å²) in [6.07, 6.45) is 1.14. The molecule has 0 radical (unpaired) electrons. The minimum absolute atomic E-state index is 0.209. The number of rotatable bonds is 6. The maximum atomic E-state index is 12.9. The fourth-order valence-corrected chi connectivity index (χ4v) is 2.06. The molecule has 2 nitrogen and oxygen atoms in total. The van der Waals surface area contributed by atoms with E-state index in [0.29, 0.717) is 0 Å². The Bertz CT molecular complexity index is 520. The van der Waals surface area contributed by atoms with Crippen molar-refractivity contribution >= 4 is 11.4 Å². The highest BCUT2D eigenvalue weighted by atomic mass is 19.1. The van der Waals surface area contributed by atoms with Crippen LogP contribution in [-0.2, 0) is 6.54 Å². The summed E-state index contributed by atoms with van der Waals surface area (Å²) in [5, 5.41) is 3.38. The number of halogens is 1. The number of anilines is 2. The molecule has 3 heteroatoms. The summed E-state index contributed by atoms with van der Waals surface area (Å²) in [6, 6.07) is 15.0. The quantitative estimate of drug-likeness (QED) is 0.797. The third-order valence-corrected chi connectivity index (χ3v) is 3.29. The first-order valence-corrected chi connectivity index (χ1v) is 6.99. The van der Waals surface area contributed by atoms with Crippen molar-refractivity contribution in [1.29, 1.82) is 0 Å². The topological polar surface area (TPSA) is 15.3 Å². The van der Waals surface area contributed by atoms with Gasteiger partial charge in [0, 0.05) is 25.0 Å². The summed E-state index contributed by atoms with van der Waals surface area (Å²) >= 11 is 0. The van der Waals surface area contributed by atoms with Crippen LogP contribution in [0.2, 0.25) is 0 Å². The molecule has 0 amide bonds. The molecule has 0 saturated heterocycles. The van der Waals surface area contributed by atoms with E-state index >= 15 is 0 Å². The van der Waals surface area contributed by atoms with Crippen LogP contribution >= 0.6 is 0 Å². The predicted molar refractivity (Wildman–Crippen MR) is 82.9 cm³/mol.